The maximum atomic E-state index is 8.47. The summed E-state index contributed by atoms with van der Waals surface area (Å²) in [6.07, 6.45) is 1.58. The van der Waals surface area contributed by atoms with Gasteiger partial charge in [0.1, 0.15) is 0 Å². The molecular formula is C6H11BO3. The summed E-state index contributed by atoms with van der Waals surface area (Å²) in [4.78, 5) is 0. The smallest absolute Gasteiger partial charge is 0.423 e. The van der Waals surface area contributed by atoms with Crippen molar-refractivity contribution in [2.75, 3.05) is 13.2 Å². The average Bonchev–Trinajstić information content (AvgIpc) is 1.88. The molecule has 0 spiro atoms. The van der Waals surface area contributed by atoms with Crippen LogP contribution in [0, 0.1) is 0 Å². The van der Waals surface area contributed by atoms with Gasteiger partial charge >= 0.3 is 7.12 Å². The second-order valence-corrected chi connectivity index (χ2v) is 1.84. The van der Waals surface area contributed by atoms with Gasteiger partial charge in [0.05, 0.1) is 13.2 Å². The van der Waals surface area contributed by atoms with Crippen LogP contribution in [0.1, 0.15) is 0 Å². The van der Waals surface area contributed by atoms with Gasteiger partial charge in [0.25, 0.3) is 0 Å². The summed E-state index contributed by atoms with van der Waals surface area (Å²) >= 11 is 0. The van der Waals surface area contributed by atoms with Gasteiger partial charge in [-0.15, -0.1) is 13.2 Å². The third kappa shape index (κ3) is 4.32. The van der Waals surface area contributed by atoms with Crippen LogP contribution in [0.2, 0.25) is 0 Å². The van der Waals surface area contributed by atoms with Crippen LogP contribution in [0.25, 0.3) is 0 Å². The predicted octanol–water partition coefficient (Wildman–Crippen LogP) is -0.243. The fourth-order valence-corrected chi connectivity index (χ4v) is 0.348. The van der Waals surface area contributed by atoms with Crippen molar-refractivity contribution in [3.8, 4) is 0 Å². The molecule has 3 nitrogen and oxygen atoms in total. The largest absolute Gasteiger partial charge is 0.485 e. The molecule has 0 atom stereocenters. The summed E-state index contributed by atoms with van der Waals surface area (Å²) in [5, 5.41) is 16.9. The quantitative estimate of drug-likeness (QED) is 0.316. The zero-order chi connectivity index (χ0) is 7.98. The van der Waals surface area contributed by atoms with Crippen LogP contribution >= 0.6 is 0 Å². The summed E-state index contributed by atoms with van der Waals surface area (Å²) in [5.74, 6) is 0. The average molecular weight is 142 g/mol. The first-order valence-corrected chi connectivity index (χ1v) is 2.91. The molecule has 0 unspecified atom stereocenters. The van der Waals surface area contributed by atoms with Gasteiger partial charge in [-0.1, -0.05) is 6.08 Å². The van der Waals surface area contributed by atoms with Crippen LogP contribution < -0.4 is 0 Å². The fourth-order valence-electron chi connectivity index (χ4n) is 0.348. The lowest BCUT2D eigenvalue weighted by molar-refractivity contribution is 0.188. The lowest BCUT2D eigenvalue weighted by Gasteiger charge is -2.02. The standard InChI is InChI=1S/C6H11BO3/c1-3-4-10-5-6(2)7(8)9/h3,8-9H,1-2,4-5H2. The Bertz CT molecular complexity index is 122. The minimum Gasteiger partial charge on any atom is -0.423 e. The molecule has 0 aromatic rings. The summed E-state index contributed by atoms with van der Waals surface area (Å²) < 4.78 is 4.87. The van der Waals surface area contributed by atoms with Gasteiger partial charge in [-0.2, -0.15) is 0 Å². The minimum atomic E-state index is -1.48. The number of rotatable bonds is 5. The van der Waals surface area contributed by atoms with E-state index < -0.39 is 7.12 Å². The van der Waals surface area contributed by atoms with E-state index in [1.54, 1.807) is 6.08 Å². The molecule has 0 aromatic carbocycles. The normalized spacial score (nSPS) is 9.00. The van der Waals surface area contributed by atoms with Crippen LogP contribution in [0.3, 0.4) is 0 Å². The van der Waals surface area contributed by atoms with Crippen LogP contribution in [-0.4, -0.2) is 30.4 Å². The van der Waals surface area contributed by atoms with Crippen molar-refractivity contribution in [3.05, 3.63) is 24.7 Å². The third-order valence-electron chi connectivity index (χ3n) is 0.888. The first kappa shape index (κ1) is 9.42. The van der Waals surface area contributed by atoms with E-state index >= 15 is 0 Å². The Hall–Kier alpha value is -0.575. The van der Waals surface area contributed by atoms with E-state index in [1.807, 2.05) is 0 Å². The highest BCUT2D eigenvalue weighted by molar-refractivity contribution is 6.50. The highest BCUT2D eigenvalue weighted by atomic mass is 16.5. The molecular weight excluding hydrogens is 131 g/mol. The first-order chi connectivity index (χ1) is 4.68. The lowest BCUT2D eigenvalue weighted by atomic mass is 9.81. The minimum absolute atomic E-state index is 0.156. The van der Waals surface area contributed by atoms with Gasteiger partial charge in [-0.25, -0.2) is 0 Å². The van der Waals surface area contributed by atoms with Crippen molar-refractivity contribution in [1.82, 2.24) is 0 Å². The molecule has 2 N–H and O–H groups in total. The monoisotopic (exact) mass is 142 g/mol. The van der Waals surface area contributed by atoms with Crippen LogP contribution in [-0.2, 0) is 4.74 Å². The second kappa shape index (κ2) is 5.23. The maximum Gasteiger partial charge on any atom is 0.485 e. The summed E-state index contributed by atoms with van der Waals surface area (Å²) in [6.45, 7) is 7.34. The van der Waals surface area contributed by atoms with Crippen molar-refractivity contribution < 1.29 is 14.8 Å². The predicted molar refractivity (Wildman–Crippen MR) is 40.3 cm³/mol. The molecule has 0 radical (unpaired) electrons. The highest BCUT2D eigenvalue weighted by Gasteiger charge is 2.10. The topological polar surface area (TPSA) is 49.7 Å². The van der Waals surface area contributed by atoms with Gasteiger partial charge in [0, 0.05) is 0 Å². The first-order valence-electron chi connectivity index (χ1n) is 2.91. The van der Waals surface area contributed by atoms with E-state index in [4.69, 9.17) is 14.8 Å². The van der Waals surface area contributed by atoms with E-state index in [2.05, 4.69) is 13.2 Å². The molecule has 56 valence electrons. The Morgan fingerprint density at radius 2 is 2.20 bits per heavy atom. The van der Waals surface area contributed by atoms with E-state index in [9.17, 15) is 0 Å². The Morgan fingerprint density at radius 3 is 2.60 bits per heavy atom. The molecule has 0 bridgehead atoms. The number of hydrogen-bond acceptors (Lipinski definition) is 3. The Morgan fingerprint density at radius 1 is 1.60 bits per heavy atom. The zero-order valence-electron chi connectivity index (χ0n) is 5.79. The van der Waals surface area contributed by atoms with Gasteiger partial charge in [0.2, 0.25) is 0 Å². The maximum absolute atomic E-state index is 8.47. The van der Waals surface area contributed by atoms with E-state index in [-0.39, 0.29) is 12.1 Å². The van der Waals surface area contributed by atoms with Crippen LogP contribution in [0.5, 0.6) is 0 Å². The van der Waals surface area contributed by atoms with Gasteiger partial charge in [-0.05, 0) is 5.47 Å². The molecule has 0 aliphatic heterocycles. The molecule has 0 aromatic heterocycles. The molecule has 0 saturated carbocycles. The molecule has 0 aliphatic carbocycles. The summed E-state index contributed by atoms with van der Waals surface area (Å²) in [5.41, 5.74) is 0.252. The Balaban J connectivity index is 3.30. The van der Waals surface area contributed by atoms with Gasteiger partial charge in [0.15, 0.2) is 0 Å². The van der Waals surface area contributed by atoms with E-state index in [0.717, 1.165) is 0 Å². The zero-order valence-corrected chi connectivity index (χ0v) is 5.79. The van der Waals surface area contributed by atoms with Crippen molar-refractivity contribution in [2.45, 2.75) is 0 Å². The Kier molecular flexibility index (Phi) is 4.93. The van der Waals surface area contributed by atoms with Crippen LogP contribution in [0.15, 0.2) is 24.7 Å². The van der Waals surface area contributed by atoms with E-state index in [0.29, 0.717) is 6.61 Å². The van der Waals surface area contributed by atoms with Gasteiger partial charge in [-0.3, -0.25) is 0 Å². The molecule has 0 amide bonds. The third-order valence-corrected chi connectivity index (χ3v) is 0.888. The van der Waals surface area contributed by atoms with E-state index in [1.165, 1.54) is 0 Å². The molecule has 0 aliphatic rings. The van der Waals surface area contributed by atoms with Crippen LogP contribution in [0.4, 0.5) is 0 Å². The molecule has 10 heavy (non-hydrogen) atoms. The summed E-state index contributed by atoms with van der Waals surface area (Å²) in [6, 6.07) is 0. The SMILES string of the molecule is C=CCOCC(=C)B(O)O. The second-order valence-electron chi connectivity index (χ2n) is 1.84. The van der Waals surface area contributed by atoms with Crippen molar-refractivity contribution in [1.29, 1.82) is 0 Å². The highest BCUT2D eigenvalue weighted by Crippen LogP contribution is 1.92. The molecule has 0 fully saturated rings. The molecule has 0 rings (SSSR count). The lowest BCUT2D eigenvalue weighted by Crippen LogP contribution is -2.18. The molecule has 0 heterocycles. The number of ether oxygens (including phenoxy) is 1. The fraction of sp³-hybridized carbons (Fsp3) is 0.333. The van der Waals surface area contributed by atoms with Crippen molar-refractivity contribution in [2.24, 2.45) is 0 Å². The summed E-state index contributed by atoms with van der Waals surface area (Å²) in [7, 11) is -1.48. The molecule has 0 saturated heterocycles. The molecule has 4 heteroatoms. The number of hydrogen-bond donors (Lipinski definition) is 2. The van der Waals surface area contributed by atoms with Crippen molar-refractivity contribution >= 4 is 7.12 Å². The van der Waals surface area contributed by atoms with Gasteiger partial charge < -0.3 is 14.8 Å². The Labute approximate surface area is 60.8 Å². The van der Waals surface area contributed by atoms with Crippen molar-refractivity contribution in [3.63, 3.8) is 0 Å².